The van der Waals surface area contributed by atoms with Crippen molar-refractivity contribution in [1.82, 2.24) is 20.5 Å². The molecule has 1 aromatic heterocycles. The number of nitrogens with one attached hydrogen (secondary N) is 2. The summed E-state index contributed by atoms with van der Waals surface area (Å²) in [6.07, 6.45) is -0.584. The van der Waals surface area contributed by atoms with Crippen molar-refractivity contribution in [3.8, 4) is 10.4 Å². The molecule has 1 saturated carbocycles. The zero-order chi connectivity index (χ0) is 26.3. The summed E-state index contributed by atoms with van der Waals surface area (Å²) in [4.78, 5) is 45.4. The first-order chi connectivity index (χ1) is 16.9. The van der Waals surface area contributed by atoms with Crippen LogP contribution in [0, 0.1) is 6.92 Å². The van der Waals surface area contributed by atoms with Gasteiger partial charge in [0.25, 0.3) is 5.91 Å². The number of halogens is 1. The molecule has 0 bridgehead atoms. The number of benzene rings is 1. The third-order valence-corrected chi connectivity index (χ3v) is 7.85. The summed E-state index contributed by atoms with van der Waals surface area (Å²) >= 11 is 6.02. The molecule has 1 saturated heterocycles. The fourth-order valence-electron chi connectivity index (χ4n) is 4.27. The number of hydrogen-bond donors (Lipinski definition) is 4. The third kappa shape index (κ3) is 5.73. The Labute approximate surface area is 219 Å². The summed E-state index contributed by atoms with van der Waals surface area (Å²) < 4.78 is 13.2. The highest BCUT2D eigenvalue weighted by Gasteiger charge is 2.53. The van der Waals surface area contributed by atoms with Gasteiger partial charge in [0, 0.05) is 24.3 Å². The molecule has 2 heterocycles. The van der Waals surface area contributed by atoms with Crippen molar-refractivity contribution in [3.05, 3.63) is 41.0 Å². The van der Waals surface area contributed by atoms with Crippen molar-refractivity contribution >= 4 is 41.7 Å². The van der Waals surface area contributed by atoms with Gasteiger partial charge < -0.3 is 20.6 Å². The summed E-state index contributed by atoms with van der Waals surface area (Å²) in [6, 6.07) is 5.70. The molecule has 3 N–H and O–H groups in total. The van der Waals surface area contributed by atoms with Crippen LogP contribution in [0.1, 0.15) is 44.4 Å². The highest BCUT2D eigenvalue weighted by atomic mass is 32.1. The molecule has 8 nitrogen and oxygen atoms in total. The number of aliphatic hydroxyl groups is 1. The van der Waals surface area contributed by atoms with Crippen LogP contribution in [0.2, 0.25) is 0 Å². The highest BCUT2D eigenvalue weighted by molar-refractivity contribution is 7.81. The number of aryl methyl sites for hydroxylation is 1. The van der Waals surface area contributed by atoms with E-state index in [4.69, 9.17) is 0 Å². The fourth-order valence-corrected chi connectivity index (χ4v) is 5.26. The lowest BCUT2D eigenvalue weighted by Gasteiger charge is -2.35. The molecule has 3 amide bonds. The van der Waals surface area contributed by atoms with Crippen LogP contribution >= 0.6 is 24.0 Å². The quantitative estimate of drug-likeness (QED) is 0.389. The van der Waals surface area contributed by atoms with E-state index >= 15 is 0 Å². The standard InChI is InChI=1S/C25H31FN4O4S2/c1-14-19(36-13-28-14)16-6-4-15(5-7-16)11-27-21(32)18-10-17(31)12-30(18)22(33)20(24(2,3)35)29-23(34)25(26)8-9-25/h4-7,13,17-18,20,31,35H,8-12H2,1-3H3,(H,27,32)(H,29,34)/t17-,18+,20-/m1/s1. The number of carbonyl (C=O) groups excluding carboxylic acids is 3. The van der Waals surface area contributed by atoms with Gasteiger partial charge in [0.15, 0.2) is 5.67 Å². The lowest BCUT2D eigenvalue weighted by molar-refractivity contribution is -0.143. The summed E-state index contributed by atoms with van der Waals surface area (Å²) in [5.41, 5.74) is 2.74. The Balaban J connectivity index is 1.42. The average Bonchev–Trinajstić information content (AvgIpc) is 3.23. The largest absolute Gasteiger partial charge is 0.391 e. The molecule has 4 rings (SSSR count). The van der Waals surface area contributed by atoms with Crippen LogP contribution in [0.15, 0.2) is 29.8 Å². The molecule has 2 aliphatic rings. The maximum atomic E-state index is 14.3. The number of nitrogens with zero attached hydrogens (tertiary/aromatic N) is 2. The van der Waals surface area contributed by atoms with Crippen LogP contribution in [0.4, 0.5) is 4.39 Å². The molecule has 1 aliphatic heterocycles. The maximum absolute atomic E-state index is 14.3. The van der Waals surface area contributed by atoms with E-state index in [-0.39, 0.29) is 32.4 Å². The number of β-amino-alcohol motifs (C(OH)–C–C–N with tert-alkyl or cyclic N) is 1. The molecule has 2 fully saturated rings. The zero-order valence-electron chi connectivity index (χ0n) is 20.5. The summed E-state index contributed by atoms with van der Waals surface area (Å²) in [5, 5.41) is 15.6. The Bertz CT molecular complexity index is 1140. The van der Waals surface area contributed by atoms with Crippen LogP contribution in [0.25, 0.3) is 10.4 Å². The molecule has 0 spiro atoms. The molecular formula is C25H31FN4O4S2. The van der Waals surface area contributed by atoms with Gasteiger partial charge in [0.1, 0.15) is 12.1 Å². The number of rotatable bonds is 8. The molecule has 11 heteroatoms. The van der Waals surface area contributed by atoms with Gasteiger partial charge in [-0.25, -0.2) is 9.37 Å². The van der Waals surface area contributed by atoms with E-state index in [1.54, 1.807) is 30.7 Å². The van der Waals surface area contributed by atoms with E-state index in [1.807, 2.05) is 31.2 Å². The molecular weight excluding hydrogens is 503 g/mol. The number of thiazole rings is 1. The number of carbonyl (C=O) groups is 3. The lowest BCUT2D eigenvalue weighted by Crippen LogP contribution is -2.60. The van der Waals surface area contributed by atoms with Gasteiger partial charge in [-0.2, -0.15) is 12.6 Å². The third-order valence-electron chi connectivity index (χ3n) is 6.62. The molecule has 3 atom stereocenters. The van der Waals surface area contributed by atoms with Crippen molar-refractivity contribution in [3.63, 3.8) is 0 Å². The average molecular weight is 535 g/mol. The predicted octanol–water partition coefficient (Wildman–Crippen LogP) is 2.39. The second-order valence-corrected chi connectivity index (χ2v) is 12.1. The smallest absolute Gasteiger partial charge is 0.258 e. The Hall–Kier alpha value is -2.50. The number of thiol groups is 1. The van der Waals surface area contributed by atoms with Gasteiger partial charge in [0.05, 0.1) is 22.2 Å². The first kappa shape index (κ1) is 26.6. The van der Waals surface area contributed by atoms with Gasteiger partial charge in [-0.1, -0.05) is 24.3 Å². The SMILES string of the molecule is Cc1ncsc1-c1ccc(CNC(=O)[C@@H]2C[C@@H](O)CN2C(=O)[C@@H](NC(=O)C2(F)CC2)C(C)(C)S)cc1. The Morgan fingerprint density at radius 1 is 1.31 bits per heavy atom. The molecule has 194 valence electrons. The summed E-state index contributed by atoms with van der Waals surface area (Å²) in [6.45, 7) is 5.41. The highest BCUT2D eigenvalue weighted by Crippen LogP contribution is 2.40. The summed E-state index contributed by atoms with van der Waals surface area (Å²) in [5.74, 6) is -1.83. The first-order valence-electron chi connectivity index (χ1n) is 11.9. The van der Waals surface area contributed by atoms with E-state index in [0.717, 1.165) is 21.7 Å². The number of aromatic nitrogens is 1. The van der Waals surface area contributed by atoms with E-state index in [9.17, 15) is 23.9 Å². The molecule has 1 aromatic carbocycles. The molecule has 2 aromatic rings. The van der Waals surface area contributed by atoms with Crippen LogP contribution in [-0.4, -0.2) is 67.9 Å². The normalized spacial score (nSPS) is 21.7. The molecule has 36 heavy (non-hydrogen) atoms. The summed E-state index contributed by atoms with van der Waals surface area (Å²) in [7, 11) is 0. The fraction of sp³-hybridized carbons (Fsp3) is 0.520. The predicted molar refractivity (Wildman–Crippen MR) is 138 cm³/mol. The second-order valence-electron chi connectivity index (χ2n) is 10.1. The van der Waals surface area contributed by atoms with Crippen LogP contribution in [-0.2, 0) is 20.9 Å². The monoisotopic (exact) mass is 534 g/mol. The second kappa shape index (κ2) is 10.1. The molecule has 1 aliphatic carbocycles. The topological polar surface area (TPSA) is 112 Å². The van der Waals surface area contributed by atoms with Crippen LogP contribution in [0.3, 0.4) is 0 Å². The van der Waals surface area contributed by atoms with E-state index in [0.29, 0.717) is 0 Å². The van der Waals surface area contributed by atoms with Crippen LogP contribution < -0.4 is 10.6 Å². The number of aliphatic hydroxyl groups excluding tert-OH is 1. The zero-order valence-corrected chi connectivity index (χ0v) is 22.2. The van der Waals surface area contributed by atoms with Gasteiger partial charge >= 0.3 is 0 Å². The Morgan fingerprint density at radius 3 is 2.53 bits per heavy atom. The number of amides is 3. The minimum atomic E-state index is -1.95. The number of hydrogen-bond acceptors (Lipinski definition) is 7. The van der Waals surface area contributed by atoms with E-state index < -0.39 is 46.3 Å². The molecule has 0 unspecified atom stereocenters. The van der Waals surface area contributed by atoms with Gasteiger partial charge in [-0.3, -0.25) is 14.4 Å². The van der Waals surface area contributed by atoms with Crippen molar-refractivity contribution in [1.29, 1.82) is 0 Å². The van der Waals surface area contributed by atoms with E-state index in [2.05, 4.69) is 28.2 Å². The van der Waals surface area contributed by atoms with Gasteiger partial charge in [-0.15, -0.1) is 11.3 Å². The van der Waals surface area contributed by atoms with E-state index in [1.165, 1.54) is 4.90 Å². The molecule has 0 radical (unpaired) electrons. The van der Waals surface area contributed by atoms with Crippen molar-refractivity contribution in [2.75, 3.05) is 6.54 Å². The first-order valence-corrected chi connectivity index (χ1v) is 13.2. The minimum absolute atomic E-state index is 0.0587. The van der Waals surface area contributed by atoms with Crippen molar-refractivity contribution in [2.24, 2.45) is 0 Å². The Kier molecular flexibility index (Phi) is 7.45. The minimum Gasteiger partial charge on any atom is -0.391 e. The Morgan fingerprint density at radius 2 is 1.97 bits per heavy atom. The van der Waals surface area contributed by atoms with Crippen molar-refractivity contribution in [2.45, 2.75) is 75.2 Å². The number of likely N-dealkylation sites (tertiary alicyclic amines) is 1. The number of alkyl halides is 1. The van der Waals surface area contributed by atoms with Gasteiger partial charge in [0.2, 0.25) is 11.8 Å². The maximum Gasteiger partial charge on any atom is 0.258 e. The van der Waals surface area contributed by atoms with Crippen LogP contribution in [0.5, 0.6) is 0 Å². The van der Waals surface area contributed by atoms with Gasteiger partial charge in [-0.05, 0) is 44.7 Å². The van der Waals surface area contributed by atoms with Crippen molar-refractivity contribution < 1.29 is 23.9 Å². The lowest BCUT2D eigenvalue weighted by atomic mass is 10.0.